The molecule has 116 valence electrons. The number of benzene rings is 1. The van der Waals surface area contributed by atoms with Crippen molar-refractivity contribution in [1.82, 2.24) is 4.90 Å². The van der Waals surface area contributed by atoms with Crippen LogP contribution in [0.1, 0.15) is 27.2 Å². The van der Waals surface area contributed by atoms with E-state index < -0.39 is 0 Å². The highest BCUT2D eigenvalue weighted by Crippen LogP contribution is 2.33. The van der Waals surface area contributed by atoms with Gasteiger partial charge in [0.05, 0.1) is 15.7 Å². The number of amides is 2. The summed E-state index contributed by atoms with van der Waals surface area (Å²) in [5, 5.41) is 0.793. The van der Waals surface area contributed by atoms with E-state index in [1.54, 1.807) is 23.1 Å². The zero-order chi connectivity index (χ0) is 16.0. The number of halogens is 2. The van der Waals surface area contributed by atoms with Crippen molar-refractivity contribution in [2.75, 3.05) is 24.5 Å². The lowest BCUT2D eigenvalue weighted by atomic mass is 10.2. The molecule has 1 aromatic rings. The van der Waals surface area contributed by atoms with E-state index in [9.17, 15) is 9.59 Å². The summed E-state index contributed by atoms with van der Waals surface area (Å²) in [5.74, 6) is -0.188. The summed E-state index contributed by atoms with van der Waals surface area (Å²) < 4.78 is 0. The Balaban J connectivity index is 2.90. The number of hydrogen-bond acceptors (Lipinski definition) is 2. The molecule has 1 aromatic carbocycles. The van der Waals surface area contributed by atoms with E-state index >= 15 is 0 Å². The molecule has 0 unspecified atom stereocenters. The first-order valence-corrected chi connectivity index (χ1v) is 7.67. The molecule has 0 aromatic heterocycles. The molecule has 0 radical (unpaired) electrons. The molecular formula is C15H20Cl2N2O2. The van der Waals surface area contributed by atoms with Crippen LogP contribution in [0.4, 0.5) is 5.69 Å². The molecule has 0 N–H and O–H groups in total. The van der Waals surface area contributed by atoms with E-state index in [-0.39, 0.29) is 24.8 Å². The molecular weight excluding hydrogens is 311 g/mol. The Kier molecular flexibility index (Phi) is 6.99. The third-order valence-electron chi connectivity index (χ3n) is 3.25. The molecule has 1 rings (SSSR count). The number of nitrogens with zero attached hydrogens (tertiary/aromatic N) is 2. The molecule has 6 heteroatoms. The number of para-hydroxylation sites is 1. The van der Waals surface area contributed by atoms with Gasteiger partial charge in [0.15, 0.2) is 0 Å². The molecule has 0 heterocycles. The van der Waals surface area contributed by atoms with Gasteiger partial charge in [0.25, 0.3) is 0 Å². The largest absolute Gasteiger partial charge is 0.343 e. The predicted molar refractivity (Wildman–Crippen MR) is 87.0 cm³/mol. The molecule has 0 atom stereocenters. The standard InChI is InChI=1S/C15H20Cl2N2O2/c1-4-18(5-2)14(21)9-10-19(11(3)20)15-12(16)7-6-8-13(15)17/h6-8H,4-5,9-10H2,1-3H3. The van der Waals surface area contributed by atoms with Crippen LogP contribution in [0, 0.1) is 0 Å². The van der Waals surface area contributed by atoms with Gasteiger partial charge < -0.3 is 9.80 Å². The minimum atomic E-state index is -0.197. The predicted octanol–water partition coefficient (Wildman–Crippen LogP) is 3.60. The van der Waals surface area contributed by atoms with Gasteiger partial charge in [-0.25, -0.2) is 0 Å². The molecule has 0 aliphatic heterocycles. The highest BCUT2D eigenvalue weighted by molar-refractivity contribution is 6.39. The fraction of sp³-hybridized carbons (Fsp3) is 0.467. The molecule has 21 heavy (non-hydrogen) atoms. The van der Waals surface area contributed by atoms with Gasteiger partial charge in [-0.15, -0.1) is 0 Å². The molecule has 0 aliphatic rings. The molecule has 0 bridgehead atoms. The maximum Gasteiger partial charge on any atom is 0.224 e. The maximum absolute atomic E-state index is 12.1. The van der Waals surface area contributed by atoms with Gasteiger partial charge in [0.2, 0.25) is 11.8 Å². The van der Waals surface area contributed by atoms with E-state index in [0.717, 1.165) is 0 Å². The summed E-state index contributed by atoms with van der Waals surface area (Å²) in [7, 11) is 0. The van der Waals surface area contributed by atoms with Gasteiger partial charge in [0, 0.05) is 33.0 Å². The van der Waals surface area contributed by atoms with E-state index in [0.29, 0.717) is 28.8 Å². The summed E-state index contributed by atoms with van der Waals surface area (Å²) in [5.41, 5.74) is 0.459. The number of anilines is 1. The van der Waals surface area contributed by atoms with Crippen molar-refractivity contribution in [1.29, 1.82) is 0 Å². The Morgan fingerprint density at radius 1 is 1.10 bits per heavy atom. The van der Waals surface area contributed by atoms with Gasteiger partial charge in [-0.05, 0) is 26.0 Å². The monoisotopic (exact) mass is 330 g/mol. The topological polar surface area (TPSA) is 40.6 Å². The lowest BCUT2D eigenvalue weighted by Crippen LogP contribution is -2.36. The van der Waals surface area contributed by atoms with Crippen LogP contribution in [0.3, 0.4) is 0 Å². The maximum atomic E-state index is 12.1. The van der Waals surface area contributed by atoms with Crippen LogP contribution in [-0.4, -0.2) is 36.3 Å². The minimum absolute atomic E-state index is 0.00873. The van der Waals surface area contributed by atoms with Crippen molar-refractivity contribution in [3.63, 3.8) is 0 Å². The summed E-state index contributed by atoms with van der Waals surface area (Å²) in [6.07, 6.45) is 0.239. The second kappa shape index (κ2) is 8.25. The zero-order valence-electron chi connectivity index (χ0n) is 12.5. The Labute approximate surface area is 135 Å². The van der Waals surface area contributed by atoms with Crippen molar-refractivity contribution in [3.05, 3.63) is 28.2 Å². The smallest absolute Gasteiger partial charge is 0.224 e. The summed E-state index contributed by atoms with van der Waals surface area (Å²) in [6, 6.07) is 5.06. The van der Waals surface area contributed by atoms with Gasteiger partial charge in [-0.1, -0.05) is 29.3 Å². The molecule has 0 saturated heterocycles. The average Bonchev–Trinajstić information content (AvgIpc) is 2.42. The van der Waals surface area contributed by atoms with Crippen LogP contribution in [0.5, 0.6) is 0 Å². The minimum Gasteiger partial charge on any atom is -0.343 e. The zero-order valence-corrected chi connectivity index (χ0v) is 14.0. The fourth-order valence-corrected chi connectivity index (χ4v) is 2.72. The lowest BCUT2D eigenvalue weighted by Gasteiger charge is -2.25. The summed E-state index contributed by atoms with van der Waals surface area (Å²) in [6.45, 7) is 6.85. The first kappa shape index (κ1) is 17.8. The highest BCUT2D eigenvalue weighted by atomic mass is 35.5. The Morgan fingerprint density at radius 3 is 2.05 bits per heavy atom. The molecule has 0 spiro atoms. The van der Waals surface area contributed by atoms with Crippen LogP contribution >= 0.6 is 23.2 Å². The van der Waals surface area contributed by atoms with Gasteiger partial charge in [-0.3, -0.25) is 9.59 Å². The Bertz CT molecular complexity index is 496. The molecule has 0 saturated carbocycles. The van der Waals surface area contributed by atoms with E-state index in [4.69, 9.17) is 23.2 Å². The first-order valence-electron chi connectivity index (χ1n) is 6.92. The van der Waals surface area contributed by atoms with E-state index in [2.05, 4.69) is 0 Å². The van der Waals surface area contributed by atoms with Crippen LogP contribution in [0.15, 0.2) is 18.2 Å². The second-order valence-electron chi connectivity index (χ2n) is 4.56. The molecule has 0 fully saturated rings. The van der Waals surface area contributed by atoms with Crippen LogP contribution in [0.25, 0.3) is 0 Å². The van der Waals surface area contributed by atoms with Crippen molar-refractivity contribution in [3.8, 4) is 0 Å². The SMILES string of the molecule is CCN(CC)C(=O)CCN(C(C)=O)c1c(Cl)cccc1Cl. The van der Waals surface area contributed by atoms with Gasteiger partial charge in [-0.2, -0.15) is 0 Å². The van der Waals surface area contributed by atoms with Gasteiger partial charge >= 0.3 is 0 Å². The van der Waals surface area contributed by atoms with E-state index in [1.807, 2.05) is 13.8 Å². The number of carbonyl (C=O) groups excluding carboxylic acids is 2. The normalized spacial score (nSPS) is 10.3. The van der Waals surface area contributed by atoms with Crippen LogP contribution < -0.4 is 4.90 Å². The third-order valence-corrected chi connectivity index (χ3v) is 3.86. The van der Waals surface area contributed by atoms with Crippen molar-refractivity contribution >= 4 is 40.7 Å². The summed E-state index contributed by atoms with van der Waals surface area (Å²) in [4.78, 5) is 27.1. The van der Waals surface area contributed by atoms with Gasteiger partial charge in [0.1, 0.15) is 0 Å². The second-order valence-corrected chi connectivity index (χ2v) is 5.37. The quantitative estimate of drug-likeness (QED) is 0.799. The number of carbonyl (C=O) groups is 2. The molecule has 4 nitrogen and oxygen atoms in total. The average molecular weight is 331 g/mol. The molecule has 0 aliphatic carbocycles. The Hall–Kier alpha value is -1.26. The van der Waals surface area contributed by atoms with Crippen LogP contribution in [-0.2, 0) is 9.59 Å². The highest BCUT2D eigenvalue weighted by Gasteiger charge is 2.20. The summed E-state index contributed by atoms with van der Waals surface area (Å²) >= 11 is 12.3. The van der Waals surface area contributed by atoms with E-state index in [1.165, 1.54) is 11.8 Å². The van der Waals surface area contributed by atoms with Crippen molar-refractivity contribution < 1.29 is 9.59 Å². The van der Waals surface area contributed by atoms with Crippen molar-refractivity contribution in [2.45, 2.75) is 27.2 Å². The number of hydrogen-bond donors (Lipinski definition) is 0. The first-order chi connectivity index (χ1) is 9.92. The number of rotatable bonds is 6. The molecule has 2 amide bonds. The third kappa shape index (κ3) is 4.61. The lowest BCUT2D eigenvalue weighted by molar-refractivity contribution is -0.130. The van der Waals surface area contributed by atoms with Crippen LogP contribution in [0.2, 0.25) is 10.0 Å². The van der Waals surface area contributed by atoms with Crippen molar-refractivity contribution in [2.24, 2.45) is 0 Å². The fourth-order valence-electron chi connectivity index (χ4n) is 2.12. The Morgan fingerprint density at radius 2 is 1.62 bits per heavy atom.